The number of anilines is 1. The minimum Gasteiger partial charge on any atom is -0.451 e. The van der Waals surface area contributed by atoms with Gasteiger partial charge >= 0.3 is 5.97 Å². The number of aromatic amines is 1. The maximum Gasteiger partial charge on any atom is 0.359 e. The quantitative estimate of drug-likeness (QED) is 0.719. The minimum atomic E-state index is -0.754. The maximum absolute atomic E-state index is 12.6. The first-order valence-electron chi connectivity index (χ1n) is 8.61. The molecule has 0 bridgehead atoms. The topological polar surface area (TPSA) is 92.4 Å². The number of aromatic nitrogens is 2. The number of nitrogens with zero attached hydrogens (tertiary/aromatic N) is 2. The van der Waals surface area contributed by atoms with Gasteiger partial charge in [-0.2, -0.15) is 5.10 Å². The number of hydrogen-bond donors (Lipinski definition) is 1. The smallest absolute Gasteiger partial charge is 0.359 e. The average molecular weight is 363 g/mol. The van der Waals surface area contributed by atoms with Crippen LogP contribution in [0, 0.1) is 0 Å². The number of esters is 1. The van der Waals surface area contributed by atoms with Gasteiger partial charge in [-0.25, -0.2) is 9.89 Å². The standard InChI is InChI=1S/C20H17N3O4/c1-12-10-13-6-2-5-9-16(13)23(12)17(24)11-27-20(26)18-14-7-3-4-8-15(14)19(25)22-21-18/h2-9,12H,10-11H2,1H3,(H,22,25)/t12-/m0/s1. The molecule has 4 rings (SSSR count). The summed E-state index contributed by atoms with van der Waals surface area (Å²) in [5.41, 5.74) is 1.53. The van der Waals surface area contributed by atoms with Crippen LogP contribution in [0.1, 0.15) is 23.0 Å². The van der Waals surface area contributed by atoms with E-state index in [9.17, 15) is 14.4 Å². The fourth-order valence-corrected chi connectivity index (χ4v) is 3.48. The van der Waals surface area contributed by atoms with E-state index in [1.54, 1.807) is 29.2 Å². The molecule has 1 N–H and O–H groups in total. The van der Waals surface area contributed by atoms with Crippen molar-refractivity contribution >= 4 is 28.3 Å². The summed E-state index contributed by atoms with van der Waals surface area (Å²) in [7, 11) is 0. The van der Waals surface area contributed by atoms with Gasteiger partial charge in [-0.15, -0.1) is 0 Å². The van der Waals surface area contributed by atoms with Crippen molar-refractivity contribution in [3.05, 3.63) is 70.1 Å². The van der Waals surface area contributed by atoms with Gasteiger partial charge < -0.3 is 9.64 Å². The normalized spacial score (nSPS) is 15.6. The summed E-state index contributed by atoms with van der Waals surface area (Å²) in [6.45, 7) is 1.56. The SMILES string of the molecule is C[C@H]1Cc2ccccc2N1C(=O)COC(=O)c1n[nH]c(=O)c2ccccc12. The predicted molar refractivity (Wildman–Crippen MR) is 99.7 cm³/mol. The second-order valence-corrected chi connectivity index (χ2v) is 6.47. The van der Waals surface area contributed by atoms with Gasteiger partial charge in [0.15, 0.2) is 12.3 Å². The molecule has 0 spiro atoms. The average Bonchev–Trinajstić information content (AvgIpc) is 3.02. The van der Waals surface area contributed by atoms with E-state index in [0.717, 1.165) is 17.7 Å². The van der Waals surface area contributed by atoms with Crippen molar-refractivity contribution < 1.29 is 14.3 Å². The summed E-state index contributed by atoms with van der Waals surface area (Å²) in [6, 6.07) is 14.3. The van der Waals surface area contributed by atoms with Crippen molar-refractivity contribution in [2.45, 2.75) is 19.4 Å². The molecule has 3 aromatic rings. The number of para-hydroxylation sites is 1. The number of carbonyl (C=O) groups is 2. The van der Waals surface area contributed by atoms with E-state index < -0.39 is 12.6 Å². The Hall–Kier alpha value is -3.48. The van der Waals surface area contributed by atoms with Crippen LogP contribution in [-0.2, 0) is 16.0 Å². The monoisotopic (exact) mass is 363 g/mol. The number of rotatable bonds is 3. The molecule has 0 saturated heterocycles. The molecule has 1 amide bonds. The molecule has 0 radical (unpaired) electrons. The Morgan fingerprint density at radius 1 is 1.15 bits per heavy atom. The minimum absolute atomic E-state index is 0.000590. The van der Waals surface area contributed by atoms with Gasteiger partial charge in [0.25, 0.3) is 11.5 Å². The second kappa shape index (κ2) is 6.68. The number of nitrogens with one attached hydrogen (secondary N) is 1. The molecule has 0 fully saturated rings. The number of hydrogen-bond acceptors (Lipinski definition) is 5. The van der Waals surface area contributed by atoms with Gasteiger partial charge in [0.1, 0.15) is 0 Å². The van der Waals surface area contributed by atoms with Gasteiger partial charge in [0, 0.05) is 17.1 Å². The summed E-state index contributed by atoms with van der Waals surface area (Å²) in [5, 5.41) is 6.81. The molecule has 1 aliphatic rings. The molecule has 1 aromatic heterocycles. The van der Waals surface area contributed by atoms with Gasteiger partial charge in [0.2, 0.25) is 0 Å². The molecule has 0 unspecified atom stereocenters. The van der Waals surface area contributed by atoms with Crippen molar-refractivity contribution in [3.8, 4) is 0 Å². The van der Waals surface area contributed by atoms with Crippen LogP contribution < -0.4 is 10.5 Å². The molecule has 7 heteroatoms. The largest absolute Gasteiger partial charge is 0.451 e. The van der Waals surface area contributed by atoms with Gasteiger partial charge in [0.05, 0.1) is 5.39 Å². The zero-order valence-corrected chi connectivity index (χ0v) is 14.6. The van der Waals surface area contributed by atoms with E-state index in [0.29, 0.717) is 10.8 Å². The lowest BCUT2D eigenvalue weighted by Gasteiger charge is -2.22. The Morgan fingerprint density at radius 3 is 2.67 bits per heavy atom. The van der Waals surface area contributed by atoms with Crippen molar-refractivity contribution in [1.82, 2.24) is 10.2 Å². The first-order chi connectivity index (χ1) is 13.1. The van der Waals surface area contributed by atoms with Crippen LogP contribution in [0.3, 0.4) is 0 Å². The van der Waals surface area contributed by atoms with E-state index in [1.807, 2.05) is 31.2 Å². The predicted octanol–water partition coefficient (Wildman–Crippen LogP) is 2.06. The Kier molecular flexibility index (Phi) is 4.19. The highest BCUT2D eigenvalue weighted by atomic mass is 16.5. The van der Waals surface area contributed by atoms with Crippen LogP contribution >= 0.6 is 0 Å². The summed E-state index contributed by atoms with van der Waals surface area (Å²) >= 11 is 0. The first-order valence-corrected chi connectivity index (χ1v) is 8.61. The van der Waals surface area contributed by atoms with Gasteiger partial charge in [-0.3, -0.25) is 9.59 Å². The molecule has 1 atom stereocenters. The van der Waals surface area contributed by atoms with Gasteiger partial charge in [-0.1, -0.05) is 36.4 Å². The van der Waals surface area contributed by atoms with Crippen molar-refractivity contribution in [1.29, 1.82) is 0 Å². The van der Waals surface area contributed by atoms with E-state index >= 15 is 0 Å². The fraction of sp³-hybridized carbons (Fsp3) is 0.200. The number of benzene rings is 2. The number of amides is 1. The molecule has 27 heavy (non-hydrogen) atoms. The van der Waals surface area contributed by atoms with Crippen LogP contribution in [0.25, 0.3) is 10.8 Å². The molecule has 2 heterocycles. The third-order valence-electron chi connectivity index (χ3n) is 4.69. The molecule has 1 aliphatic heterocycles. The highest BCUT2D eigenvalue weighted by Gasteiger charge is 2.31. The van der Waals surface area contributed by atoms with Crippen LogP contribution in [-0.4, -0.2) is 34.7 Å². The lowest BCUT2D eigenvalue weighted by molar-refractivity contribution is -0.122. The third-order valence-corrected chi connectivity index (χ3v) is 4.69. The van der Waals surface area contributed by atoms with Crippen molar-refractivity contribution in [2.75, 3.05) is 11.5 Å². The summed E-state index contributed by atoms with van der Waals surface area (Å²) in [5.74, 6) is -1.05. The molecular formula is C20H17N3O4. The Bertz CT molecular complexity index is 1110. The number of carbonyl (C=O) groups excluding carboxylic acids is 2. The molecule has 7 nitrogen and oxygen atoms in total. The molecule has 0 saturated carbocycles. The Balaban J connectivity index is 1.53. The molecule has 136 valence electrons. The van der Waals surface area contributed by atoms with Crippen LogP contribution in [0.4, 0.5) is 5.69 Å². The van der Waals surface area contributed by atoms with Crippen LogP contribution in [0.15, 0.2) is 53.3 Å². The number of fused-ring (bicyclic) bond motifs is 2. The Labute approximate surface area is 154 Å². The van der Waals surface area contributed by atoms with Crippen molar-refractivity contribution in [3.63, 3.8) is 0 Å². The van der Waals surface area contributed by atoms with Gasteiger partial charge in [-0.05, 0) is 31.0 Å². The zero-order chi connectivity index (χ0) is 19.0. The van der Waals surface area contributed by atoms with Crippen molar-refractivity contribution in [2.24, 2.45) is 0 Å². The molecule has 2 aromatic carbocycles. The fourth-order valence-electron chi connectivity index (χ4n) is 3.48. The van der Waals surface area contributed by atoms with E-state index in [1.165, 1.54) is 0 Å². The second-order valence-electron chi connectivity index (χ2n) is 6.47. The highest BCUT2D eigenvalue weighted by molar-refractivity contribution is 6.03. The number of H-pyrrole nitrogens is 1. The Morgan fingerprint density at radius 2 is 1.85 bits per heavy atom. The molecular weight excluding hydrogens is 346 g/mol. The first kappa shape index (κ1) is 17.0. The molecule has 0 aliphatic carbocycles. The summed E-state index contributed by atoms with van der Waals surface area (Å²) < 4.78 is 5.20. The number of ether oxygens (including phenoxy) is 1. The van der Waals surface area contributed by atoms with E-state index in [2.05, 4.69) is 10.2 Å². The third kappa shape index (κ3) is 2.97. The zero-order valence-electron chi connectivity index (χ0n) is 14.6. The van der Waals surface area contributed by atoms with Crippen LogP contribution in [0.2, 0.25) is 0 Å². The van der Waals surface area contributed by atoms with E-state index in [4.69, 9.17) is 4.74 Å². The lowest BCUT2D eigenvalue weighted by atomic mass is 10.1. The van der Waals surface area contributed by atoms with E-state index in [-0.39, 0.29) is 23.2 Å². The summed E-state index contributed by atoms with van der Waals surface area (Å²) in [6.07, 6.45) is 0.766. The maximum atomic E-state index is 12.6. The lowest BCUT2D eigenvalue weighted by Crippen LogP contribution is -2.38. The highest BCUT2D eigenvalue weighted by Crippen LogP contribution is 2.31. The van der Waals surface area contributed by atoms with Crippen LogP contribution in [0.5, 0.6) is 0 Å². The summed E-state index contributed by atoms with van der Waals surface area (Å²) in [4.78, 5) is 38.6.